The molecule has 1 fully saturated rings. The molecule has 1 saturated heterocycles. The molecule has 1 heterocycles. The van der Waals surface area contributed by atoms with Gasteiger partial charge in [-0.25, -0.2) is 0 Å². The Labute approximate surface area is 103 Å². The van der Waals surface area contributed by atoms with Crippen LogP contribution >= 0.6 is 0 Å². The Morgan fingerprint density at radius 3 is 2.89 bits per heavy atom. The first-order valence-electron chi connectivity index (χ1n) is 5.32. The summed E-state index contributed by atoms with van der Waals surface area (Å²) in [6, 6.07) is 6.10. The minimum absolute atomic E-state index is 0.0900. The fourth-order valence-electron chi connectivity index (χ4n) is 1.85. The quantitative estimate of drug-likeness (QED) is 0.601. The van der Waals surface area contributed by atoms with Crippen molar-refractivity contribution in [1.82, 2.24) is 5.32 Å². The third-order valence-corrected chi connectivity index (χ3v) is 2.68. The van der Waals surface area contributed by atoms with Crippen LogP contribution in [0.25, 0.3) is 0 Å². The van der Waals surface area contributed by atoms with E-state index in [1.807, 2.05) is 6.07 Å². The number of nitro benzene ring substituents is 1. The summed E-state index contributed by atoms with van der Waals surface area (Å²) in [4.78, 5) is 23.4. The lowest BCUT2D eigenvalue weighted by molar-refractivity contribution is -0.384. The van der Waals surface area contributed by atoms with Crippen LogP contribution in [0.3, 0.4) is 0 Å². The van der Waals surface area contributed by atoms with E-state index in [1.54, 1.807) is 4.90 Å². The number of nitrogens with one attached hydrogen (secondary N) is 1. The second-order valence-corrected chi connectivity index (χ2v) is 3.84. The van der Waals surface area contributed by atoms with Crippen LogP contribution in [0.5, 0.6) is 0 Å². The number of nitriles is 1. The zero-order valence-corrected chi connectivity index (χ0v) is 9.42. The molecule has 0 bridgehead atoms. The normalized spacial score (nSPS) is 14.8. The van der Waals surface area contributed by atoms with Gasteiger partial charge in [-0.1, -0.05) is 0 Å². The Hall–Kier alpha value is -2.62. The van der Waals surface area contributed by atoms with Gasteiger partial charge in [-0.2, -0.15) is 5.26 Å². The lowest BCUT2D eigenvalue weighted by Gasteiger charge is -2.28. The number of benzene rings is 1. The number of anilines is 1. The Morgan fingerprint density at radius 2 is 2.28 bits per heavy atom. The number of amides is 1. The summed E-state index contributed by atoms with van der Waals surface area (Å²) in [5.41, 5.74) is 0.449. The van der Waals surface area contributed by atoms with Crippen molar-refractivity contribution < 1.29 is 9.72 Å². The number of rotatable bonds is 2. The van der Waals surface area contributed by atoms with Crippen molar-refractivity contribution in [2.75, 3.05) is 24.5 Å². The first-order valence-corrected chi connectivity index (χ1v) is 5.32. The van der Waals surface area contributed by atoms with E-state index in [0.717, 1.165) is 0 Å². The summed E-state index contributed by atoms with van der Waals surface area (Å²) in [7, 11) is 0. The van der Waals surface area contributed by atoms with Crippen LogP contribution in [0.1, 0.15) is 5.56 Å². The predicted molar refractivity (Wildman–Crippen MR) is 63.0 cm³/mol. The summed E-state index contributed by atoms with van der Waals surface area (Å²) < 4.78 is 0. The van der Waals surface area contributed by atoms with Gasteiger partial charge in [0.1, 0.15) is 5.69 Å². The molecule has 7 nitrogen and oxygen atoms in total. The molecule has 0 aliphatic carbocycles. The van der Waals surface area contributed by atoms with Crippen molar-refractivity contribution in [1.29, 1.82) is 5.26 Å². The van der Waals surface area contributed by atoms with E-state index in [2.05, 4.69) is 5.32 Å². The number of carbonyl (C=O) groups is 1. The van der Waals surface area contributed by atoms with Crippen LogP contribution in [0.2, 0.25) is 0 Å². The standard InChI is InChI=1S/C11H10N4O3/c12-6-8-1-2-9(10(5-8)15(17)18)14-4-3-13-11(16)7-14/h1-2,5H,3-4,7H2,(H,13,16). The van der Waals surface area contributed by atoms with Gasteiger partial charge in [0.15, 0.2) is 0 Å². The number of hydrogen-bond donors (Lipinski definition) is 1. The molecule has 1 amide bonds. The molecule has 18 heavy (non-hydrogen) atoms. The first kappa shape index (κ1) is 11.9. The van der Waals surface area contributed by atoms with Crippen LogP contribution in [0, 0.1) is 21.4 Å². The first-order chi connectivity index (χ1) is 8.61. The SMILES string of the molecule is N#Cc1ccc(N2CCNC(=O)C2)c([N+](=O)[O-])c1. The summed E-state index contributed by atoms with van der Waals surface area (Å²) in [5.74, 6) is -0.167. The van der Waals surface area contributed by atoms with E-state index in [1.165, 1.54) is 18.2 Å². The lowest BCUT2D eigenvalue weighted by Crippen LogP contribution is -2.47. The van der Waals surface area contributed by atoms with Crippen molar-refractivity contribution in [3.63, 3.8) is 0 Å². The second kappa shape index (κ2) is 4.71. The van der Waals surface area contributed by atoms with E-state index in [-0.39, 0.29) is 23.7 Å². The Balaban J connectivity index is 2.40. The maximum absolute atomic E-state index is 11.3. The number of nitro groups is 1. The Kier molecular flexibility index (Phi) is 3.10. The molecule has 1 N–H and O–H groups in total. The molecule has 92 valence electrons. The molecule has 0 spiro atoms. The van der Waals surface area contributed by atoms with Crippen molar-refractivity contribution >= 4 is 17.3 Å². The molecule has 1 aliphatic rings. The van der Waals surface area contributed by atoms with Crippen LogP contribution in [0.15, 0.2) is 18.2 Å². The summed E-state index contributed by atoms with van der Waals surface area (Å²) in [6.07, 6.45) is 0. The molecule has 0 aromatic heterocycles. The smallest absolute Gasteiger partial charge is 0.293 e. The van der Waals surface area contributed by atoms with Crippen molar-refractivity contribution in [3.8, 4) is 6.07 Å². The van der Waals surface area contributed by atoms with Gasteiger partial charge in [0.05, 0.1) is 23.1 Å². The highest BCUT2D eigenvalue weighted by Gasteiger charge is 2.24. The van der Waals surface area contributed by atoms with Crippen LogP contribution < -0.4 is 10.2 Å². The predicted octanol–water partition coefficient (Wildman–Crippen LogP) is 0.403. The Morgan fingerprint density at radius 1 is 1.50 bits per heavy atom. The second-order valence-electron chi connectivity index (χ2n) is 3.84. The average Bonchev–Trinajstić information content (AvgIpc) is 2.38. The Bertz CT molecular complexity index is 550. The number of piperazine rings is 1. The summed E-state index contributed by atoms with van der Waals surface area (Å²) in [6.45, 7) is 1.06. The molecule has 0 unspecified atom stereocenters. The minimum Gasteiger partial charge on any atom is -0.355 e. The monoisotopic (exact) mass is 246 g/mol. The number of nitrogens with zero attached hydrogens (tertiary/aromatic N) is 3. The fourth-order valence-corrected chi connectivity index (χ4v) is 1.85. The summed E-state index contributed by atoms with van der Waals surface area (Å²) >= 11 is 0. The molecule has 0 atom stereocenters. The average molecular weight is 246 g/mol. The van der Waals surface area contributed by atoms with Crippen molar-refractivity contribution in [2.45, 2.75) is 0 Å². The maximum Gasteiger partial charge on any atom is 0.293 e. The topological polar surface area (TPSA) is 99.3 Å². The molecule has 7 heteroatoms. The van der Waals surface area contributed by atoms with Crippen LogP contribution in [0.4, 0.5) is 11.4 Å². The molecule has 1 aromatic rings. The minimum atomic E-state index is -0.539. The highest BCUT2D eigenvalue weighted by Crippen LogP contribution is 2.29. The largest absolute Gasteiger partial charge is 0.355 e. The molecule has 0 saturated carbocycles. The van der Waals surface area contributed by atoms with E-state index < -0.39 is 4.92 Å². The third-order valence-electron chi connectivity index (χ3n) is 2.68. The molecular formula is C11H10N4O3. The fraction of sp³-hybridized carbons (Fsp3) is 0.273. The van der Waals surface area contributed by atoms with Gasteiger partial charge >= 0.3 is 0 Å². The third kappa shape index (κ3) is 2.22. The molecule has 0 radical (unpaired) electrons. The van der Waals surface area contributed by atoms with Crippen molar-refractivity contribution in [2.24, 2.45) is 0 Å². The highest BCUT2D eigenvalue weighted by molar-refractivity contribution is 5.84. The van der Waals surface area contributed by atoms with Crippen LogP contribution in [-0.4, -0.2) is 30.5 Å². The maximum atomic E-state index is 11.3. The van der Waals surface area contributed by atoms with Gasteiger partial charge in [0.2, 0.25) is 5.91 Å². The van der Waals surface area contributed by atoms with E-state index in [4.69, 9.17) is 5.26 Å². The zero-order valence-electron chi connectivity index (χ0n) is 9.42. The molecule has 2 rings (SSSR count). The van der Waals surface area contributed by atoms with E-state index in [0.29, 0.717) is 18.8 Å². The highest BCUT2D eigenvalue weighted by atomic mass is 16.6. The zero-order chi connectivity index (χ0) is 13.1. The molecule has 1 aromatic carbocycles. The van der Waals surface area contributed by atoms with E-state index in [9.17, 15) is 14.9 Å². The molecular weight excluding hydrogens is 236 g/mol. The van der Waals surface area contributed by atoms with Gasteiger partial charge in [0, 0.05) is 19.2 Å². The van der Waals surface area contributed by atoms with Gasteiger partial charge in [-0.15, -0.1) is 0 Å². The molecule has 1 aliphatic heterocycles. The van der Waals surface area contributed by atoms with Gasteiger partial charge in [-0.05, 0) is 12.1 Å². The van der Waals surface area contributed by atoms with Crippen molar-refractivity contribution in [3.05, 3.63) is 33.9 Å². The van der Waals surface area contributed by atoms with Gasteiger partial charge in [-0.3, -0.25) is 14.9 Å². The van der Waals surface area contributed by atoms with Gasteiger partial charge in [0.25, 0.3) is 5.69 Å². The number of hydrogen-bond acceptors (Lipinski definition) is 5. The van der Waals surface area contributed by atoms with E-state index >= 15 is 0 Å². The van der Waals surface area contributed by atoms with Gasteiger partial charge < -0.3 is 10.2 Å². The lowest BCUT2D eigenvalue weighted by atomic mass is 10.1. The number of carbonyl (C=O) groups excluding carboxylic acids is 1. The summed E-state index contributed by atoms with van der Waals surface area (Å²) in [5, 5.41) is 22.4. The van der Waals surface area contributed by atoms with Crippen LogP contribution in [-0.2, 0) is 4.79 Å².